The van der Waals surface area contributed by atoms with Crippen molar-refractivity contribution < 1.29 is 9.32 Å². The van der Waals surface area contributed by atoms with Gasteiger partial charge >= 0.3 is 0 Å². The quantitative estimate of drug-likeness (QED) is 0.752. The van der Waals surface area contributed by atoms with Crippen molar-refractivity contribution in [3.8, 4) is 0 Å². The Hall–Kier alpha value is -1.33. The lowest BCUT2D eigenvalue weighted by atomic mass is 10.1. The van der Waals surface area contributed by atoms with Crippen LogP contribution >= 0.6 is 23.4 Å². The van der Waals surface area contributed by atoms with Gasteiger partial charge in [-0.1, -0.05) is 23.7 Å². The zero-order valence-electron chi connectivity index (χ0n) is 11.3. The monoisotopic (exact) mass is 310 g/mol. The second-order valence-corrected chi connectivity index (χ2v) is 5.82. The van der Waals surface area contributed by atoms with E-state index in [0.717, 1.165) is 4.90 Å². The SMILES string of the molecule is CCC(=O)C(C)c1nc(CSc2ccc(Cl)cc2)no1. The second kappa shape index (κ2) is 6.90. The van der Waals surface area contributed by atoms with Crippen molar-refractivity contribution in [2.24, 2.45) is 0 Å². The molecule has 4 nitrogen and oxygen atoms in total. The molecule has 0 radical (unpaired) electrons. The minimum absolute atomic E-state index is 0.102. The van der Waals surface area contributed by atoms with Crippen LogP contribution in [0.4, 0.5) is 0 Å². The van der Waals surface area contributed by atoms with Crippen LogP contribution in [0.1, 0.15) is 37.9 Å². The van der Waals surface area contributed by atoms with Crippen LogP contribution in [0.25, 0.3) is 0 Å². The highest BCUT2D eigenvalue weighted by molar-refractivity contribution is 7.98. The molecule has 0 saturated heterocycles. The molecule has 0 N–H and O–H groups in total. The molecule has 1 aromatic carbocycles. The molecule has 2 rings (SSSR count). The number of ketones is 1. The topological polar surface area (TPSA) is 56.0 Å². The molecule has 0 saturated carbocycles. The van der Waals surface area contributed by atoms with Crippen LogP contribution < -0.4 is 0 Å². The van der Waals surface area contributed by atoms with Crippen LogP contribution in [0.2, 0.25) is 5.02 Å². The molecule has 2 aromatic rings. The van der Waals surface area contributed by atoms with Gasteiger partial charge in [-0.3, -0.25) is 4.79 Å². The number of carbonyl (C=O) groups is 1. The van der Waals surface area contributed by atoms with Crippen molar-refractivity contribution in [2.75, 3.05) is 0 Å². The third kappa shape index (κ3) is 3.84. The summed E-state index contributed by atoms with van der Waals surface area (Å²) in [4.78, 5) is 16.9. The van der Waals surface area contributed by atoms with Crippen molar-refractivity contribution in [1.82, 2.24) is 10.1 Å². The van der Waals surface area contributed by atoms with Gasteiger partial charge in [-0.2, -0.15) is 4.98 Å². The van der Waals surface area contributed by atoms with Crippen LogP contribution in [-0.2, 0) is 10.5 Å². The standard InChI is InChI=1S/C14H15ClN2O2S/c1-3-12(18)9(2)14-16-13(17-19-14)8-20-11-6-4-10(15)5-7-11/h4-7,9H,3,8H2,1-2H3. The van der Waals surface area contributed by atoms with Gasteiger partial charge < -0.3 is 4.52 Å². The molecule has 106 valence electrons. The first-order valence-corrected chi connectivity index (χ1v) is 7.70. The summed E-state index contributed by atoms with van der Waals surface area (Å²) in [6, 6.07) is 7.57. The Morgan fingerprint density at radius 2 is 2.10 bits per heavy atom. The maximum Gasteiger partial charge on any atom is 0.236 e. The number of carbonyl (C=O) groups excluding carboxylic acids is 1. The Bertz CT molecular complexity index is 583. The number of nitrogens with zero attached hydrogens (tertiary/aromatic N) is 2. The molecule has 0 aliphatic carbocycles. The zero-order valence-corrected chi connectivity index (χ0v) is 12.9. The minimum atomic E-state index is -0.332. The van der Waals surface area contributed by atoms with E-state index in [9.17, 15) is 4.79 Å². The van der Waals surface area contributed by atoms with Crippen molar-refractivity contribution >= 4 is 29.1 Å². The number of aromatic nitrogens is 2. The molecule has 0 bridgehead atoms. The Morgan fingerprint density at radius 3 is 2.75 bits per heavy atom. The lowest BCUT2D eigenvalue weighted by Gasteiger charge is -2.01. The normalized spacial score (nSPS) is 12.3. The van der Waals surface area contributed by atoms with Crippen LogP contribution in [0, 0.1) is 0 Å². The predicted molar refractivity (Wildman–Crippen MR) is 79.0 cm³/mol. The number of thioether (sulfide) groups is 1. The summed E-state index contributed by atoms with van der Waals surface area (Å²) in [6.07, 6.45) is 0.471. The fourth-order valence-electron chi connectivity index (χ4n) is 1.62. The fourth-order valence-corrected chi connectivity index (χ4v) is 2.49. The van der Waals surface area contributed by atoms with Crippen LogP contribution in [-0.4, -0.2) is 15.9 Å². The van der Waals surface area contributed by atoms with E-state index in [2.05, 4.69) is 10.1 Å². The predicted octanol–water partition coefficient (Wildman–Crippen LogP) is 4.10. The summed E-state index contributed by atoms with van der Waals surface area (Å²) < 4.78 is 5.14. The van der Waals surface area contributed by atoms with E-state index < -0.39 is 0 Å². The Balaban J connectivity index is 1.96. The third-order valence-electron chi connectivity index (χ3n) is 2.87. The summed E-state index contributed by atoms with van der Waals surface area (Å²) in [5.41, 5.74) is 0. The Kier molecular flexibility index (Phi) is 5.20. The van der Waals surface area contributed by atoms with Gasteiger partial charge in [0.2, 0.25) is 5.89 Å². The van der Waals surface area contributed by atoms with E-state index >= 15 is 0 Å². The molecule has 1 atom stereocenters. The largest absolute Gasteiger partial charge is 0.339 e. The maximum absolute atomic E-state index is 11.6. The van der Waals surface area contributed by atoms with Crippen molar-refractivity contribution in [3.63, 3.8) is 0 Å². The van der Waals surface area contributed by atoms with Gasteiger partial charge in [-0.25, -0.2) is 0 Å². The van der Waals surface area contributed by atoms with Crippen molar-refractivity contribution in [1.29, 1.82) is 0 Å². The van der Waals surface area contributed by atoms with Gasteiger partial charge in [0.25, 0.3) is 0 Å². The molecule has 1 aromatic heterocycles. The van der Waals surface area contributed by atoms with Gasteiger partial charge in [0.15, 0.2) is 5.82 Å². The second-order valence-electron chi connectivity index (χ2n) is 4.33. The minimum Gasteiger partial charge on any atom is -0.339 e. The Morgan fingerprint density at radius 1 is 1.40 bits per heavy atom. The zero-order chi connectivity index (χ0) is 14.5. The van der Waals surface area contributed by atoms with Crippen LogP contribution in [0.15, 0.2) is 33.7 Å². The molecule has 6 heteroatoms. The van der Waals surface area contributed by atoms with E-state index in [-0.39, 0.29) is 11.7 Å². The fraction of sp³-hybridized carbons (Fsp3) is 0.357. The smallest absolute Gasteiger partial charge is 0.236 e. The van der Waals surface area contributed by atoms with Crippen LogP contribution in [0.3, 0.4) is 0 Å². The number of halogens is 1. The van der Waals surface area contributed by atoms with Gasteiger partial charge in [-0.05, 0) is 31.2 Å². The van der Waals surface area contributed by atoms with E-state index in [1.807, 2.05) is 31.2 Å². The third-order valence-corrected chi connectivity index (χ3v) is 4.13. The van der Waals surface area contributed by atoms with Gasteiger partial charge in [0.1, 0.15) is 5.78 Å². The van der Waals surface area contributed by atoms with E-state index in [0.29, 0.717) is 28.9 Å². The Labute approximate surface area is 126 Å². The number of hydrogen-bond acceptors (Lipinski definition) is 5. The molecule has 0 aliphatic heterocycles. The average molecular weight is 311 g/mol. The number of Topliss-reactive ketones (excluding diaryl/α,β-unsaturated/α-hetero) is 1. The molecule has 1 heterocycles. The molecular formula is C14H15ClN2O2S. The van der Waals surface area contributed by atoms with Gasteiger partial charge in [0.05, 0.1) is 11.7 Å². The van der Waals surface area contributed by atoms with E-state index in [1.54, 1.807) is 18.7 Å². The van der Waals surface area contributed by atoms with Gasteiger partial charge in [-0.15, -0.1) is 11.8 Å². The summed E-state index contributed by atoms with van der Waals surface area (Å²) in [7, 11) is 0. The molecule has 0 spiro atoms. The first kappa shape index (κ1) is 15.1. The van der Waals surface area contributed by atoms with Crippen molar-refractivity contribution in [3.05, 3.63) is 41.0 Å². The number of hydrogen-bond donors (Lipinski definition) is 0. The first-order valence-electron chi connectivity index (χ1n) is 6.33. The average Bonchev–Trinajstić information content (AvgIpc) is 2.94. The highest BCUT2D eigenvalue weighted by Gasteiger charge is 2.20. The summed E-state index contributed by atoms with van der Waals surface area (Å²) in [5, 5.41) is 4.61. The van der Waals surface area contributed by atoms with E-state index in [4.69, 9.17) is 16.1 Å². The summed E-state index contributed by atoms with van der Waals surface area (Å²) >= 11 is 7.42. The molecular weight excluding hydrogens is 296 g/mol. The summed E-state index contributed by atoms with van der Waals surface area (Å²) in [6.45, 7) is 3.61. The van der Waals surface area contributed by atoms with Gasteiger partial charge in [0, 0.05) is 16.3 Å². The highest BCUT2D eigenvalue weighted by atomic mass is 35.5. The van der Waals surface area contributed by atoms with Crippen molar-refractivity contribution in [2.45, 2.75) is 36.8 Å². The van der Waals surface area contributed by atoms with Crippen LogP contribution in [0.5, 0.6) is 0 Å². The lowest BCUT2D eigenvalue weighted by Crippen LogP contribution is -2.07. The van der Waals surface area contributed by atoms with E-state index in [1.165, 1.54) is 0 Å². The molecule has 1 unspecified atom stereocenters. The number of rotatable bonds is 6. The molecule has 20 heavy (non-hydrogen) atoms. The summed E-state index contributed by atoms with van der Waals surface area (Å²) in [5.74, 6) is 1.35. The molecule has 0 amide bonds. The maximum atomic E-state index is 11.6. The highest BCUT2D eigenvalue weighted by Crippen LogP contribution is 2.24. The first-order chi connectivity index (χ1) is 9.60. The molecule has 0 fully saturated rings. The molecule has 0 aliphatic rings. The lowest BCUT2D eigenvalue weighted by molar-refractivity contribution is -0.120. The number of benzene rings is 1.